The van der Waals surface area contributed by atoms with Gasteiger partial charge in [-0.25, -0.2) is 0 Å². The molecule has 0 amide bonds. The van der Waals surface area contributed by atoms with Crippen molar-refractivity contribution in [3.8, 4) is 0 Å². The molecular formula is C14H28MgO3. The maximum Gasteiger partial charge on any atom is 2.00 e. The first-order chi connectivity index (χ1) is 7.77. The SMILES string of the molecule is CCCCCCCCCCCCCC(=O)[O-].[Mg+2].[OH-]. The third-order valence-corrected chi connectivity index (χ3v) is 2.98. The molecule has 0 aliphatic heterocycles. The Kier molecular flexibility index (Phi) is 25.3. The zero-order chi connectivity index (χ0) is 12.1. The predicted octanol–water partition coefficient (Wildman–Crippen LogP) is 2.88. The van der Waals surface area contributed by atoms with Crippen LogP contribution in [0.25, 0.3) is 0 Å². The molecule has 0 aromatic carbocycles. The van der Waals surface area contributed by atoms with Crippen LogP contribution in [0.15, 0.2) is 0 Å². The van der Waals surface area contributed by atoms with Gasteiger partial charge in [-0.2, -0.15) is 0 Å². The van der Waals surface area contributed by atoms with E-state index in [-0.39, 0.29) is 34.9 Å². The average Bonchev–Trinajstić information content (AvgIpc) is 2.25. The van der Waals surface area contributed by atoms with Gasteiger partial charge in [-0.3, -0.25) is 0 Å². The summed E-state index contributed by atoms with van der Waals surface area (Å²) in [6.45, 7) is 2.24. The number of rotatable bonds is 12. The zero-order valence-corrected chi connectivity index (χ0v) is 13.4. The van der Waals surface area contributed by atoms with E-state index in [4.69, 9.17) is 0 Å². The normalized spacial score (nSPS) is 9.39. The van der Waals surface area contributed by atoms with E-state index < -0.39 is 5.97 Å². The molecule has 18 heavy (non-hydrogen) atoms. The number of aliphatic carboxylic acids is 1. The van der Waals surface area contributed by atoms with Gasteiger partial charge in [-0.05, 0) is 12.8 Å². The summed E-state index contributed by atoms with van der Waals surface area (Å²) < 4.78 is 0. The molecule has 0 saturated heterocycles. The second-order valence-corrected chi connectivity index (χ2v) is 4.66. The standard InChI is InChI=1S/C14H28O2.Mg.H2O/c1-2-3-4-5-6-7-8-9-10-11-12-13-14(15)16;;/h2-13H2,1H3,(H,15,16);;1H2/q;+2;/p-2. The van der Waals surface area contributed by atoms with E-state index in [0.29, 0.717) is 0 Å². The molecule has 0 bridgehead atoms. The van der Waals surface area contributed by atoms with Crippen molar-refractivity contribution in [1.29, 1.82) is 0 Å². The van der Waals surface area contributed by atoms with Gasteiger partial charge >= 0.3 is 23.1 Å². The van der Waals surface area contributed by atoms with E-state index in [9.17, 15) is 9.90 Å². The van der Waals surface area contributed by atoms with E-state index in [1.165, 1.54) is 57.8 Å². The van der Waals surface area contributed by atoms with Crippen molar-refractivity contribution >= 4 is 29.0 Å². The molecule has 0 unspecified atom stereocenters. The number of carboxylic acids is 1. The first-order valence-corrected chi connectivity index (χ1v) is 6.97. The van der Waals surface area contributed by atoms with Crippen LogP contribution in [0.2, 0.25) is 0 Å². The van der Waals surface area contributed by atoms with E-state index in [2.05, 4.69) is 6.92 Å². The number of hydrogen-bond donors (Lipinski definition) is 0. The van der Waals surface area contributed by atoms with Gasteiger partial charge in [0.15, 0.2) is 0 Å². The minimum Gasteiger partial charge on any atom is -0.870 e. The summed E-state index contributed by atoms with van der Waals surface area (Å²) in [5, 5.41) is 10.1. The van der Waals surface area contributed by atoms with Gasteiger partial charge in [0.25, 0.3) is 0 Å². The summed E-state index contributed by atoms with van der Waals surface area (Å²) in [6.07, 6.45) is 14.0. The van der Waals surface area contributed by atoms with Gasteiger partial charge < -0.3 is 15.4 Å². The summed E-state index contributed by atoms with van der Waals surface area (Å²) in [4.78, 5) is 10.1. The smallest absolute Gasteiger partial charge is 0.870 e. The summed E-state index contributed by atoms with van der Waals surface area (Å²) in [5.74, 6) is -0.907. The predicted molar refractivity (Wildman–Crippen MR) is 73.8 cm³/mol. The Hall–Kier alpha value is 0.196. The van der Waals surface area contributed by atoms with Crippen LogP contribution in [0, 0.1) is 0 Å². The van der Waals surface area contributed by atoms with Crippen molar-refractivity contribution in [1.82, 2.24) is 0 Å². The third kappa shape index (κ3) is 21.5. The minimum absolute atomic E-state index is 0. The molecule has 0 aromatic rings. The first kappa shape index (κ1) is 23.3. The average molecular weight is 269 g/mol. The van der Waals surface area contributed by atoms with Crippen LogP contribution < -0.4 is 5.11 Å². The van der Waals surface area contributed by atoms with Crippen molar-refractivity contribution in [2.24, 2.45) is 0 Å². The molecule has 0 heterocycles. The van der Waals surface area contributed by atoms with Crippen LogP contribution in [-0.4, -0.2) is 34.5 Å². The minimum atomic E-state index is -0.907. The zero-order valence-electron chi connectivity index (χ0n) is 12.0. The fourth-order valence-electron chi connectivity index (χ4n) is 1.93. The fourth-order valence-corrected chi connectivity index (χ4v) is 1.93. The number of hydrogen-bond acceptors (Lipinski definition) is 3. The van der Waals surface area contributed by atoms with Crippen LogP contribution >= 0.6 is 0 Å². The van der Waals surface area contributed by atoms with E-state index >= 15 is 0 Å². The molecular weight excluding hydrogens is 240 g/mol. The van der Waals surface area contributed by atoms with Crippen molar-refractivity contribution < 1.29 is 15.4 Å². The van der Waals surface area contributed by atoms with Crippen molar-refractivity contribution in [2.45, 2.75) is 84.0 Å². The Balaban J connectivity index is -0.00000112. The van der Waals surface area contributed by atoms with Crippen LogP contribution in [0.3, 0.4) is 0 Å². The summed E-state index contributed by atoms with van der Waals surface area (Å²) in [5.41, 5.74) is 0. The molecule has 0 aliphatic rings. The Morgan fingerprint density at radius 2 is 1.11 bits per heavy atom. The molecule has 0 saturated carbocycles. The summed E-state index contributed by atoms with van der Waals surface area (Å²) in [7, 11) is 0. The third-order valence-electron chi connectivity index (χ3n) is 2.98. The van der Waals surface area contributed by atoms with Gasteiger partial charge in [0.1, 0.15) is 0 Å². The van der Waals surface area contributed by atoms with Crippen LogP contribution in [0.4, 0.5) is 0 Å². The van der Waals surface area contributed by atoms with Crippen LogP contribution in [-0.2, 0) is 4.79 Å². The molecule has 4 heteroatoms. The van der Waals surface area contributed by atoms with Gasteiger partial charge in [0.2, 0.25) is 0 Å². The number of carbonyl (C=O) groups excluding carboxylic acids is 1. The fraction of sp³-hybridized carbons (Fsp3) is 0.929. The molecule has 0 aromatic heterocycles. The van der Waals surface area contributed by atoms with Gasteiger partial charge in [-0.1, -0.05) is 71.1 Å². The van der Waals surface area contributed by atoms with E-state index in [1.54, 1.807) is 0 Å². The number of carboxylic acid groups (broad SMARTS) is 1. The quantitative estimate of drug-likeness (QED) is 0.404. The molecule has 0 radical (unpaired) electrons. The van der Waals surface area contributed by atoms with Gasteiger partial charge in [0, 0.05) is 5.97 Å². The van der Waals surface area contributed by atoms with Gasteiger partial charge in [0.05, 0.1) is 0 Å². The van der Waals surface area contributed by atoms with Gasteiger partial charge in [-0.15, -0.1) is 0 Å². The Morgan fingerprint density at radius 3 is 1.44 bits per heavy atom. The Morgan fingerprint density at radius 1 is 0.778 bits per heavy atom. The molecule has 0 atom stereocenters. The maximum atomic E-state index is 10.1. The summed E-state index contributed by atoms with van der Waals surface area (Å²) in [6, 6.07) is 0. The number of carbonyl (C=O) groups is 1. The molecule has 1 N–H and O–H groups in total. The van der Waals surface area contributed by atoms with Crippen molar-refractivity contribution in [3.05, 3.63) is 0 Å². The monoisotopic (exact) mass is 268 g/mol. The topological polar surface area (TPSA) is 70.1 Å². The Bertz CT molecular complexity index is 163. The van der Waals surface area contributed by atoms with Crippen LogP contribution in [0.5, 0.6) is 0 Å². The summed E-state index contributed by atoms with van der Waals surface area (Å²) >= 11 is 0. The molecule has 3 nitrogen and oxygen atoms in total. The molecule has 0 rings (SSSR count). The molecule has 0 aliphatic carbocycles. The maximum absolute atomic E-state index is 10.1. The molecule has 0 spiro atoms. The second-order valence-electron chi connectivity index (χ2n) is 4.66. The first-order valence-electron chi connectivity index (χ1n) is 6.97. The van der Waals surface area contributed by atoms with Crippen molar-refractivity contribution in [2.75, 3.05) is 0 Å². The molecule has 0 fully saturated rings. The van der Waals surface area contributed by atoms with E-state index in [0.717, 1.165) is 12.8 Å². The number of unbranched alkanes of at least 4 members (excludes halogenated alkanes) is 10. The largest absolute Gasteiger partial charge is 2.00 e. The van der Waals surface area contributed by atoms with Crippen LogP contribution in [0.1, 0.15) is 84.0 Å². The van der Waals surface area contributed by atoms with E-state index in [1.807, 2.05) is 0 Å². The van der Waals surface area contributed by atoms with Crippen molar-refractivity contribution in [3.63, 3.8) is 0 Å². The Labute approximate surface area is 128 Å². The molecule has 104 valence electrons. The second kappa shape index (κ2) is 19.5.